The van der Waals surface area contributed by atoms with E-state index in [1.165, 1.54) is 20.3 Å². The van der Waals surface area contributed by atoms with Gasteiger partial charge in [0.25, 0.3) is 0 Å². The largest absolute Gasteiger partial charge is 0.495 e. The number of methoxy groups -OCH3 is 2. The van der Waals surface area contributed by atoms with Crippen molar-refractivity contribution in [1.82, 2.24) is 9.88 Å². The van der Waals surface area contributed by atoms with Crippen molar-refractivity contribution in [3.63, 3.8) is 0 Å². The number of ether oxygens (including phenoxy) is 2. The summed E-state index contributed by atoms with van der Waals surface area (Å²) >= 11 is 6.15. The Hall–Kier alpha value is -2.72. The molecule has 174 valence electrons. The van der Waals surface area contributed by atoms with Crippen LogP contribution in [-0.4, -0.2) is 62.7 Å². The predicted molar refractivity (Wildman–Crippen MR) is 116 cm³/mol. The summed E-state index contributed by atoms with van der Waals surface area (Å²) in [5.41, 5.74) is -0.336. The summed E-state index contributed by atoms with van der Waals surface area (Å²) in [4.78, 5) is 20.5. The molecule has 1 amide bonds. The summed E-state index contributed by atoms with van der Waals surface area (Å²) < 4.78 is 48.7. The third-order valence-corrected chi connectivity index (χ3v) is 5.40. The molecule has 1 aliphatic heterocycles. The fourth-order valence-corrected chi connectivity index (χ4v) is 3.69. The van der Waals surface area contributed by atoms with Crippen molar-refractivity contribution in [2.45, 2.75) is 12.6 Å². The zero-order valence-corrected chi connectivity index (χ0v) is 18.5. The lowest BCUT2D eigenvalue weighted by Gasteiger charge is -2.23. The van der Waals surface area contributed by atoms with Crippen LogP contribution in [-0.2, 0) is 11.0 Å². The van der Waals surface area contributed by atoms with Crippen LogP contribution in [0.1, 0.15) is 12.0 Å². The van der Waals surface area contributed by atoms with Crippen molar-refractivity contribution >= 4 is 29.0 Å². The molecular formula is C21H24ClF3N4O3. The average Bonchev–Trinajstić information content (AvgIpc) is 2.99. The normalized spacial score (nSPS) is 15.2. The Kier molecular flexibility index (Phi) is 7.68. The zero-order valence-electron chi connectivity index (χ0n) is 17.7. The Morgan fingerprint density at radius 1 is 1.12 bits per heavy atom. The molecule has 1 saturated heterocycles. The predicted octanol–water partition coefficient (Wildman–Crippen LogP) is 3.92. The number of carbonyl (C=O) groups excluding carboxylic acids is 1. The molecule has 1 aromatic heterocycles. The van der Waals surface area contributed by atoms with Crippen molar-refractivity contribution in [1.29, 1.82) is 0 Å². The lowest BCUT2D eigenvalue weighted by Crippen LogP contribution is -2.36. The van der Waals surface area contributed by atoms with E-state index < -0.39 is 11.7 Å². The number of pyridine rings is 1. The molecule has 0 bridgehead atoms. The SMILES string of the molecule is COc1cc(OC)c(NC(=O)CN2CCCN(c3ccc(C(F)(F)F)cn3)CC2)cc1Cl. The number of aromatic nitrogens is 1. The first-order valence-corrected chi connectivity index (χ1v) is 10.3. The van der Waals surface area contributed by atoms with Crippen LogP contribution in [0.4, 0.5) is 24.7 Å². The number of nitrogens with zero attached hydrogens (tertiary/aromatic N) is 3. The van der Waals surface area contributed by atoms with E-state index in [1.807, 2.05) is 9.80 Å². The van der Waals surface area contributed by atoms with Crippen LogP contribution in [0.5, 0.6) is 11.5 Å². The van der Waals surface area contributed by atoms with Crippen LogP contribution >= 0.6 is 11.6 Å². The molecule has 0 saturated carbocycles. The summed E-state index contributed by atoms with van der Waals surface area (Å²) in [7, 11) is 2.97. The molecule has 2 aromatic rings. The first-order chi connectivity index (χ1) is 15.2. The minimum absolute atomic E-state index is 0.154. The number of amides is 1. The Bertz CT molecular complexity index is 941. The van der Waals surface area contributed by atoms with Gasteiger partial charge in [-0.3, -0.25) is 9.69 Å². The number of anilines is 2. The van der Waals surface area contributed by atoms with Gasteiger partial charge in [-0.2, -0.15) is 13.2 Å². The summed E-state index contributed by atoms with van der Waals surface area (Å²) in [6.07, 6.45) is -2.82. The van der Waals surface area contributed by atoms with Gasteiger partial charge in [0.1, 0.15) is 17.3 Å². The van der Waals surface area contributed by atoms with Crippen molar-refractivity contribution in [2.24, 2.45) is 0 Å². The molecule has 0 aliphatic carbocycles. The third kappa shape index (κ3) is 5.95. The van der Waals surface area contributed by atoms with E-state index in [4.69, 9.17) is 21.1 Å². The molecule has 0 spiro atoms. The van der Waals surface area contributed by atoms with Gasteiger partial charge < -0.3 is 19.7 Å². The third-order valence-electron chi connectivity index (χ3n) is 5.10. The van der Waals surface area contributed by atoms with E-state index in [-0.39, 0.29) is 12.5 Å². The molecule has 1 aliphatic rings. The maximum atomic E-state index is 12.7. The number of benzene rings is 1. The van der Waals surface area contributed by atoms with Crippen molar-refractivity contribution < 1.29 is 27.4 Å². The van der Waals surface area contributed by atoms with E-state index in [0.717, 1.165) is 18.7 Å². The maximum absolute atomic E-state index is 12.7. The molecule has 0 unspecified atom stereocenters. The number of hydrogen-bond donors (Lipinski definition) is 1. The Morgan fingerprint density at radius 3 is 2.50 bits per heavy atom. The molecule has 2 heterocycles. The highest BCUT2D eigenvalue weighted by Crippen LogP contribution is 2.36. The second-order valence-corrected chi connectivity index (χ2v) is 7.66. The fraction of sp³-hybridized carbons (Fsp3) is 0.429. The molecule has 3 rings (SSSR count). The molecule has 1 aromatic carbocycles. The van der Waals surface area contributed by atoms with Gasteiger partial charge in [-0.15, -0.1) is 0 Å². The van der Waals surface area contributed by atoms with Gasteiger partial charge in [0.05, 0.1) is 37.0 Å². The zero-order chi connectivity index (χ0) is 23.3. The maximum Gasteiger partial charge on any atom is 0.417 e. The second-order valence-electron chi connectivity index (χ2n) is 7.25. The Balaban J connectivity index is 1.58. The van der Waals surface area contributed by atoms with Crippen LogP contribution in [0.3, 0.4) is 0 Å². The Morgan fingerprint density at radius 2 is 1.88 bits per heavy atom. The molecule has 7 nitrogen and oxygen atoms in total. The molecule has 32 heavy (non-hydrogen) atoms. The van der Waals surface area contributed by atoms with E-state index >= 15 is 0 Å². The van der Waals surface area contributed by atoms with Crippen LogP contribution in [0.2, 0.25) is 5.02 Å². The fourth-order valence-electron chi connectivity index (χ4n) is 3.45. The first-order valence-electron chi connectivity index (χ1n) is 9.93. The molecule has 11 heteroatoms. The van der Waals surface area contributed by atoms with Gasteiger partial charge in [0.15, 0.2) is 0 Å². The minimum Gasteiger partial charge on any atom is -0.495 e. The molecule has 1 fully saturated rings. The van der Waals surface area contributed by atoms with Gasteiger partial charge in [-0.05, 0) is 24.6 Å². The molecule has 0 radical (unpaired) electrons. The average molecular weight is 473 g/mol. The smallest absolute Gasteiger partial charge is 0.417 e. The van der Waals surface area contributed by atoms with E-state index in [2.05, 4.69) is 10.3 Å². The van der Waals surface area contributed by atoms with Crippen LogP contribution in [0.15, 0.2) is 30.5 Å². The lowest BCUT2D eigenvalue weighted by molar-refractivity contribution is -0.137. The van der Waals surface area contributed by atoms with Crippen LogP contribution < -0.4 is 19.7 Å². The van der Waals surface area contributed by atoms with Crippen molar-refractivity contribution in [2.75, 3.05) is 57.2 Å². The summed E-state index contributed by atoms with van der Waals surface area (Å²) in [6.45, 7) is 2.57. The number of rotatable bonds is 6. The number of hydrogen-bond acceptors (Lipinski definition) is 6. The molecule has 0 atom stereocenters. The van der Waals surface area contributed by atoms with Gasteiger partial charge in [-0.25, -0.2) is 4.98 Å². The van der Waals surface area contributed by atoms with Gasteiger partial charge in [0, 0.05) is 38.4 Å². The summed E-state index contributed by atoms with van der Waals surface area (Å²) in [5.74, 6) is 1.12. The second kappa shape index (κ2) is 10.3. The lowest BCUT2D eigenvalue weighted by atomic mass is 10.2. The monoisotopic (exact) mass is 472 g/mol. The van der Waals surface area contributed by atoms with Gasteiger partial charge >= 0.3 is 6.18 Å². The Labute approximate surface area is 189 Å². The number of nitrogens with one attached hydrogen (secondary N) is 1. The molecule has 1 N–H and O–H groups in total. The topological polar surface area (TPSA) is 66.9 Å². The number of alkyl halides is 3. The van der Waals surface area contributed by atoms with Crippen LogP contribution in [0.25, 0.3) is 0 Å². The highest BCUT2D eigenvalue weighted by molar-refractivity contribution is 6.32. The van der Waals surface area contributed by atoms with E-state index in [0.29, 0.717) is 54.2 Å². The van der Waals surface area contributed by atoms with E-state index in [1.54, 1.807) is 12.1 Å². The number of carbonyl (C=O) groups is 1. The van der Waals surface area contributed by atoms with Crippen molar-refractivity contribution in [3.05, 3.63) is 41.0 Å². The minimum atomic E-state index is -4.41. The first kappa shape index (κ1) is 23.9. The van der Waals surface area contributed by atoms with Crippen molar-refractivity contribution in [3.8, 4) is 11.5 Å². The van der Waals surface area contributed by atoms with Gasteiger partial charge in [-0.1, -0.05) is 11.6 Å². The highest BCUT2D eigenvalue weighted by atomic mass is 35.5. The highest BCUT2D eigenvalue weighted by Gasteiger charge is 2.31. The number of halogens is 4. The van der Waals surface area contributed by atoms with Crippen LogP contribution in [0, 0.1) is 0 Å². The molecular weight excluding hydrogens is 449 g/mol. The standard InChI is InChI=1S/C21H24ClF3N4O3/c1-31-17-11-18(32-2)16(10-15(17)22)27-20(30)13-28-6-3-7-29(9-8-28)19-5-4-14(12-26-19)21(23,24)25/h4-5,10-12H,3,6-9,13H2,1-2H3,(H,27,30). The summed E-state index contributed by atoms with van der Waals surface area (Å²) in [5, 5.41) is 3.15. The quantitative estimate of drug-likeness (QED) is 0.687. The summed E-state index contributed by atoms with van der Waals surface area (Å²) in [6, 6.07) is 5.58. The van der Waals surface area contributed by atoms with E-state index in [9.17, 15) is 18.0 Å². The van der Waals surface area contributed by atoms with Gasteiger partial charge in [0.2, 0.25) is 5.91 Å².